The van der Waals surface area contributed by atoms with Crippen molar-refractivity contribution in [2.24, 2.45) is 0 Å². The number of furan rings is 1. The Morgan fingerprint density at radius 2 is 1.64 bits per heavy atom. The Bertz CT molecular complexity index is 610. The van der Waals surface area contributed by atoms with E-state index in [1.165, 1.54) is 0 Å². The third-order valence-corrected chi connectivity index (χ3v) is 2.57. The minimum absolute atomic E-state index is 0.740. The number of hydrogen-bond donors (Lipinski definition) is 0. The van der Waals surface area contributed by atoms with Crippen molar-refractivity contribution in [3.05, 3.63) is 47.5 Å². The third-order valence-electron chi connectivity index (χ3n) is 2.34. The molecule has 3 aromatic rings. The van der Waals surface area contributed by atoms with Gasteiger partial charge < -0.3 is 4.42 Å². The molecule has 0 spiro atoms. The number of fused-ring (bicyclic) bond motifs is 3. The molecule has 0 atom stereocenters. The molecule has 0 saturated carbocycles. The molecule has 14 heavy (non-hydrogen) atoms. The fraction of sp³-hybridized carbons (Fsp3) is 0. The minimum Gasteiger partial charge on any atom is -0.456 e. The summed E-state index contributed by atoms with van der Waals surface area (Å²) in [5.74, 6) is 0. The van der Waals surface area contributed by atoms with Crippen LogP contribution in [0.3, 0.4) is 0 Å². The zero-order valence-corrected chi connectivity index (χ0v) is 8.08. The van der Waals surface area contributed by atoms with Gasteiger partial charge in [-0.25, -0.2) is 0 Å². The first kappa shape index (κ1) is 7.89. The van der Waals surface area contributed by atoms with E-state index in [4.69, 9.17) is 16.0 Å². The summed E-state index contributed by atoms with van der Waals surface area (Å²) in [6.45, 7) is 0. The predicted molar refractivity (Wildman–Crippen MR) is 58.7 cm³/mol. The molecule has 2 aromatic carbocycles. The van der Waals surface area contributed by atoms with Crippen molar-refractivity contribution in [2.45, 2.75) is 0 Å². The van der Waals surface area contributed by atoms with Crippen LogP contribution in [0.2, 0.25) is 5.02 Å². The van der Waals surface area contributed by atoms with Crippen LogP contribution in [0.15, 0.2) is 46.9 Å². The van der Waals surface area contributed by atoms with Crippen LogP contribution in [0.4, 0.5) is 0 Å². The molecular formula is C12H7ClO. The van der Waals surface area contributed by atoms with Crippen molar-refractivity contribution >= 4 is 33.5 Å². The SMILES string of the molecule is Clc1ccc2oc3ccccc3c2c1. The molecule has 2 heteroatoms. The molecular weight excluding hydrogens is 196 g/mol. The van der Waals surface area contributed by atoms with Crippen LogP contribution < -0.4 is 0 Å². The Morgan fingerprint density at radius 3 is 2.57 bits per heavy atom. The van der Waals surface area contributed by atoms with Gasteiger partial charge in [-0.3, -0.25) is 0 Å². The molecule has 0 bridgehead atoms. The second kappa shape index (κ2) is 2.76. The van der Waals surface area contributed by atoms with E-state index in [2.05, 4.69) is 0 Å². The van der Waals surface area contributed by atoms with Crippen LogP contribution in [0, 0.1) is 0 Å². The average Bonchev–Trinajstić information content (AvgIpc) is 2.56. The molecule has 0 saturated heterocycles. The fourth-order valence-electron chi connectivity index (χ4n) is 1.70. The van der Waals surface area contributed by atoms with Gasteiger partial charge in [-0.15, -0.1) is 0 Å². The Morgan fingerprint density at radius 1 is 0.857 bits per heavy atom. The second-order valence-electron chi connectivity index (χ2n) is 3.24. The zero-order chi connectivity index (χ0) is 9.54. The van der Waals surface area contributed by atoms with Crippen molar-refractivity contribution in [3.8, 4) is 0 Å². The lowest BCUT2D eigenvalue weighted by molar-refractivity contribution is 0.669. The lowest BCUT2D eigenvalue weighted by atomic mass is 10.2. The van der Waals surface area contributed by atoms with Crippen molar-refractivity contribution in [2.75, 3.05) is 0 Å². The molecule has 68 valence electrons. The summed E-state index contributed by atoms with van der Waals surface area (Å²) in [5.41, 5.74) is 1.79. The molecule has 1 heterocycles. The summed E-state index contributed by atoms with van der Waals surface area (Å²) in [6.07, 6.45) is 0. The van der Waals surface area contributed by atoms with Crippen LogP contribution in [0.25, 0.3) is 21.9 Å². The van der Waals surface area contributed by atoms with Crippen molar-refractivity contribution in [1.29, 1.82) is 0 Å². The maximum atomic E-state index is 5.93. The van der Waals surface area contributed by atoms with Crippen molar-refractivity contribution in [1.82, 2.24) is 0 Å². The topological polar surface area (TPSA) is 13.1 Å². The summed E-state index contributed by atoms with van der Waals surface area (Å²) in [6, 6.07) is 13.6. The average molecular weight is 203 g/mol. The highest BCUT2D eigenvalue weighted by molar-refractivity contribution is 6.31. The number of para-hydroxylation sites is 1. The molecule has 0 aliphatic heterocycles. The van der Waals surface area contributed by atoms with Gasteiger partial charge in [-0.2, -0.15) is 0 Å². The highest BCUT2D eigenvalue weighted by Crippen LogP contribution is 2.30. The van der Waals surface area contributed by atoms with E-state index in [0.29, 0.717) is 0 Å². The molecule has 3 rings (SSSR count). The van der Waals surface area contributed by atoms with Crippen LogP contribution in [-0.4, -0.2) is 0 Å². The normalized spacial score (nSPS) is 11.2. The minimum atomic E-state index is 0.740. The lowest BCUT2D eigenvalue weighted by Gasteiger charge is -1.89. The molecule has 0 aliphatic carbocycles. The van der Waals surface area contributed by atoms with Gasteiger partial charge in [0.15, 0.2) is 0 Å². The monoisotopic (exact) mass is 202 g/mol. The van der Waals surface area contributed by atoms with Crippen LogP contribution in [0.5, 0.6) is 0 Å². The van der Waals surface area contributed by atoms with Gasteiger partial charge in [-0.05, 0) is 24.3 Å². The summed E-state index contributed by atoms with van der Waals surface area (Å²) in [7, 11) is 0. The Kier molecular flexibility index (Phi) is 1.55. The van der Waals surface area contributed by atoms with Gasteiger partial charge >= 0.3 is 0 Å². The van der Waals surface area contributed by atoms with Gasteiger partial charge in [0.25, 0.3) is 0 Å². The van der Waals surface area contributed by atoms with E-state index in [1.807, 2.05) is 42.5 Å². The standard InChI is InChI=1S/C12H7ClO/c13-8-5-6-12-10(7-8)9-3-1-2-4-11(9)14-12/h1-7H. The van der Waals surface area contributed by atoms with Crippen molar-refractivity contribution < 1.29 is 4.42 Å². The molecule has 0 aliphatic rings. The van der Waals surface area contributed by atoms with Crippen molar-refractivity contribution in [3.63, 3.8) is 0 Å². The Balaban J connectivity index is 2.58. The molecule has 0 unspecified atom stereocenters. The first-order valence-electron chi connectivity index (χ1n) is 4.41. The van der Waals surface area contributed by atoms with Gasteiger partial charge in [0, 0.05) is 15.8 Å². The summed E-state index contributed by atoms with van der Waals surface area (Å²) < 4.78 is 5.65. The second-order valence-corrected chi connectivity index (χ2v) is 3.68. The van der Waals surface area contributed by atoms with Gasteiger partial charge in [0.1, 0.15) is 11.2 Å². The zero-order valence-electron chi connectivity index (χ0n) is 7.33. The summed E-state index contributed by atoms with van der Waals surface area (Å²) in [4.78, 5) is 0. The van der Waals surface area contributed by atoms with E-state index >= 15 is 0 Å². The predicted octanol–water partition coefficient (Wildman–Crippen LogP) is 4.24. The van der Waals surface area contributed by atoms with Gasteiger partial charge in [-0.1, -0.05) is 29.8 Å². The van der Waals surface area contributed by atoms with E-state index in [0.717, 1.165) is 27.0 Å². The maximum Gasteiger partial charge on any atom is 0.135 e. The molecule has 0 N–H and O–H groups in total. The Hall–Kier alpha value is -1.47. The van der Waals surface area contributed by atoms with Crippen LogP contribution in [0.1, 0.15) is 0 Å². The number of rotatable bonds is 0. The molecule has 0 amide bonds. The first-order chi connectivity index (χ1) is 6.84. The maximum absolute atomic E-state index is 5.93. The molecule has 0 radical (unpaired) electrons. The van der Waals surface area contributed by atoms with E-state index in [1.54, 1.807) is 0 Å². The van der Waals surface area contributed by atoms with Crippen LogP contribution >= 0.6 is 11.6 Å². The quantitative estimate of drug-likeness (QED) is 0.532. The van der Waals surface area contributed by atoms with E-state index < -0.39 is 0 Å². The molecule has 0 fully saturated rings. The summed E-state index contributed by atoms with van der Waals surface area (Å²) >= 11 is 5.93. The fourth-order valence-corrected chi connectivity index (χ4v) is 1.87. The summed E-state index contributed by atoms with van der Waals surface area (Å²) in [5, 5.41) is 2.93. The van der Waals surface area contributed by atoms with E-state index in [-0.39, 0.29) is 0 Å². The first-order valence-corrected chi connectivity index (χ1v) is 4.79. The highest BCUT2D eigenvalue weighted by atomic mass is 35.5. The van der Waals surface area contributed by atoms with Gasteiger partial charge in [0.05, 0.1) is 0 Å². The molecule has 1 aromatic heterocycles. The van der Waals surface area contributed by atoms with Gasteiger partial charge in [0.2, 0.25) is 0 Å². The highest BCUT2D eigenvalue weighted by Gasteiger charge is 2.05. The van der Waals surface area contributed by atoms with Crippen LogP contribution in [-0.2, 0) is 0 Å². The largest absolute Gasteiger partial charge is 0.456 e. The molecule has 1 nitrogen and oxygen atoms in total. The lowest BCUT2D eigenvalue weighted by Crippen LogP contribution is -1.65. The number of hydrogen-bond acceptors (Lipinski definition) is 1. The third kappa shape index (κ3) is 1.03. The number of halogens is 1. The smallest absolute Gasteiger partial charge is 0.135 e. The van der Waals surface area contributed by atoms with E-state index in [9.17, 15) is 0 Å². The number of benzene rings is 2. The Labute approximate surface area is 85.9 Å².